The minimum atomic E-state index is -0.155. The molecule has 1 amide bonds. The van der Waals surface area contributed by atoms with Gasteiger partial charge in [-0.15, -0.1) is 11.3 Å². The fraction of sp³-hybridized carbons (Fsp3) is 0.414. The highest BCUT2D eigenvalue weighted by Crippen LogP contribution is 2.31. The van der Waals surface area contributed by atoms with E-state index in [1.54, 1.807) is 11.3 Å². The predicted molar refractivity (Wildman–Crippen MR) is 145 cm³/mol. The highest BCUT2D eigenvalue weighted by molar-refractivity contribution is 7.15. The molecule has 3 aromatic rings. The molecule has 1 aliphatic heterocycles. The second-order valence-electron chi connectivity index (χ2n) is 10.0. The summed E-state index contributed by atoms with van der Waals surface area (Å²) in [6.45, 7) is 6.48. The van der Waals surface area contributed by atoms with E-state index in [0.717, 1.165) is 61.3 Å². The van der Waals surface area contributed by atoms with Crippen LogP contribution in [0, 0.1) is 6.92 Å². The van der Waals surface area contributed by atoms with E-state index < -0.39 is 0 Å². The van der Waals surface area contributed by atoms with Gasteiger partial charge in [0, 0.05) is 41.0 Å². The van der Waals surface area contributed by atoms with E-state index in [4.69, 9.17) is 4.74 Å². The monoisotopic (exact) mass is 505 g/mol. The van der Waals surface area contributed by atoms with Crippen LogP contribution in [0.5, 0.6) is 5.75 Å². The number of aliphatic hydroxyl groups is 1. The van der Waals surface area contributed by atoms with Crippen molar-refractivity contribution in [3.8, 4) is 16.2 Å². The van der Waals surface area contributed by atoms with E-state index in [0.29, 0.717) is 11.6 Å². The number of aryl methyl sites for hydroxylation is 1. The molecular formula is C29H35N3O3S. The number of thiophene rings is 1. The van der Waals surface area contributed by atoms with Crippen LogP contribution in [0.25, 0.3) is 10.4 Å². The molecule has 0 spiro atoms. The molecule has 1 saturated heterocycles. The number of hydrogen-bond donors (Lipinski definition) is 4. The van der Waals surface area contributed by atoms with Gasteiger partial charge in [-0.25, -0.2) is 0 Å². The van der Waals surface area contributed by atoms with Gasteiger partial charge < -0.3 is 25.8 Å². The lowest BCUT2D eigenvalue weighted by atomic mass is 10.0. The van der Waals surface area contributed by atoms with Crippen molar-refractivity contribution in [1.29, 1.82) is 0 Å². The molecule has 0 bridgehead atoms. The summed E-state index contributed by atoms with van der Waals surface area (Å²) in [6.07, 6.45) is 2.80. The second kappa shape index (κ2) is 11.1. The van der Waals surface area contributed by atoms with Gasteiger partial charge >= 0.3 is 0 Å². The van der Waals surface area contributed by atoms with Crippen LogP contribution in [0.3, 0.4) is 0 Å². The second-order valence-corrected chi connectivity index (χ2v) is 11.2. The molecule has 2 fully saturated rings. The minimum absolute atomic E-state index is 0.0934. The summed E-state index contributed by atoms with van der Waals surface area (Å²) in [4.78, 5) is 15.6. The van der Waals surface area contributed by atoms with E-state index in [-0.39, 0.29) is 24.2 Å². The summed E-state index contributed by atoms with van der Waals surface area (Å²) in [6, 6.07) is 18.7. The zero-order valence-corrected chi connectivity index (χ0v) is 21.7. The first-order valence-corrected chi connectivity index (χ1v) is 13.7. The average Bonchev–Trinajstić information content (AvgIpc) is 3.50. The maximum absolute atomic E-state index is 13.1. The van der Waals surface area contributed by atoms with Crippen molar-refractivity contribution >= 4 is 17.2 Å². The maximum atomic E-state index is 13.1. The van der Waals surface area contributed by atoms with Crippen LogP contribution in [-0.2, 0) is 6.54 Å². The SMILES string of the molecule is Cc1ccc(OC2CNC2)cc1C(=O)NC(C)c1cccc(-c2ccc(CN[C@H]3CC[C@@H](O)C3)s2)c1. The molecule has 4 N–H and O–H groups in total. The molecule has 2 aromatic carbocycles. The van der Waals surface area contributed by atoms with Gasteiger partial charge in [0.2, 0.25) is 0 Å². The lowest BCUT2D eigenvalue weighted by Gasteiger charge is -2.28. The van der Waals surface area contributed by atoms with Gasteiger partial charge in [-0.3, -0.25) is 4.79 Å². The first-order valence-electron chi connectivity index (χ1n) is 12.8. The van der Waals surface area contributed by atoms with Gasteiger partial charge in [-0.1, -0.05) is 24.3 Å². The Morgan fingerprint density at radius 1 is 1.17 bits per heavy atom. The third-order valence-electron chi connectivity index (χ3n) is 7.15. The van der Waals surface area contributed by atoms with E-state index in [9.17, 15) is 9.90 Å². The van der Waals surface area contributed by atoms with Crippen LogP contribution in [0.15, 0.2) is 54.6 Å². The molecule has 2 heterocycles. The molecule has 6 nitrogen and oxygen atoms in total. The van der Waals surface area contributed by atoms with E-state index in [2.05, 4.69) is 52.3 Å². The molecule has 5 rings (SSSR count). The molecule has 36 heavy (non-hydrogen) atoms. The Kier molecular flexibility index (Phi) is 7.72. The summed E-state index contributed by atoms with van der Waals surface area (Å²) < 4.78 is 5.95. The standard InChI is InChI=1S/C29H35N3O3S/c1-18-6-9-24(35-25-15-30-16-25)14-27(18)29(34)32-19(2)20-4-3-5-21(12-20)28-11-10-26(36-28)17-31-22-7-8-23(33)13-22/h3-6,9-12,14,19,22-23,25,30-31,33H,7-8,13,15-17H2,1-2H3,(H,32,34)/t19?,22-,23+/m0/s1. The Hall–Kier alpha value is -2.71. The quantitative estimate of drug-likeness (QED) is 0.343. The summed E-state index contributed by atoms with van der Waals surface area (Å²) in [5.74, 6) is 0.642. The number of benzene rings is 2. The van der Waals surface area contributed by atoms with Gasteiger partial charge in [-0.05, 0) is 80.1 Å². The Bertz CT molecular complexity index is 1210. The normalized spacial score (nSPS) is 20.6. The molecule has 190 valence electrons. The van der Waals surface area contributed by atoms with Gasteiger partial charge in [0.05, 0.1) is 12.1 Å². The highest BCUT2D eigenvalue weighted by Gasteiger charge is 2.22. The molecule has 0 radical (unpaired) electrons. The zero-order chi connectivity index (χ0) is 25.1. The number of hydrogen-bond acceptors (Lipinski definition) is 6. The van der Waals surface area contributed by atoms with E-state index in [1.165, 1.54) is 9.75 Å². The first kappa shape index (κ1) is 25.0. The molecular weight excluding hydrogens is 470 g/mol. The average molecular weight is 506 g/mol. The lowest BCUT2D eigenvalue weighted by molar-refractivity contribution is 0.0937. The summed E-state index contributed by atoms with van der Waals surface area (Å²) in [5, 5.41) is 19.7. The van der Waals surface area contributed by atoms with Crippen molar-refractivity contribution in [2.45, 2.75) is 63.9 Å². The largest absolute Gasteiger partial charge is 0.488 e. The van der Waals surface area contributed by atoms with Gasteiger partial charge in [0.15, 0.2) is 0 Å². The van der Waals surface area contributed by atoms with Crippen LogP contribution < -0.4 is 20.7 Å². The predicted octanol–water partition coefficient (Wildman–Crippen LogP) is 4.57. The number of aliphatic hydroxyl groups excluding tert-OH is 1. The summed E-state index contributed by atoms with van der Waals surface area (Å²) in [5.41, 5.74) is 3.80. The Balaban J connectivity index is 1.22. The Morgan fingerprint density at radius 2 is 2.03 bits per heavy atom. The van der Waals surface area contributed by atoms with Crippen LogP contribution in [0.1, 0.15) is 58.6 Å². The van der Waals surface area contributed by atoms with E-state index >= 15 is 0 Å². The minimum Gasteiger partial charge on any atom is -0.488 e. The van der Waals surface area contributed by atoms with Crippen molar-refractivity contribution < 1.29 is 14.6 Å². The Labute approximate surface area is 217 Å². The fourth-order valence-electron chi connectivity index (χ4n) is 4.79. The van der Waals surface area contributed by atoms with E-state index in [1.807, 2.05) is 32.0 Å². The van der Waals surface area contributed by atoms with Crippen molar-refractivity contribution in [2.75, 3.05) is 13.1 Å². The zero-order valence-electron chi connectivity index (χ0n) is 20.9. The third-order valence-corrected chi connectivity index (χ3v) is 8.29. The van der Waals surface area contributed by atoms with Crippen molar-refractivity contribution in [3.63, 3.8) is 0 Å². The Morgan fingerprint density at radius 3 is 2.78 bits per heavy atom. The number of nitrogens with one attached hydrogen (secondary N) is 3. The van der Waals surface area contributed by atoms with Gasteiger partial charge in [-0.2, -0.15) is 0 Å². The highest BCUT2D eigenvalue weighted by atomic mass is 32.1. The van der Waals surface area contributed by atoms with Crippen LogP contribution in [-0.4, -0.2) is 42.4 Å². The molecule has 1 saturated carbocycles. The van der Waals surface area contributed by atoms with Crippen LogP contribution in [0.2, 0.25) is 0 Å². The van der Waals surface area contributed by atoms with Crippen LogP contribution in [0.4, 0.5) is 0 Å². The number of amides is 1. The van der Waals surface area contributed by atoms with Crippen molar-refractivity contribution in [3.05, 3.63) is 76.2 Å². The topological polar surface area (TPSA) is 82.6 Å². The van der Waals surface area contributed by atoms with Gasteiger partial charge in [0.1, 0.15) is 11.9 Å². The first-order chi connectivity index (χ1) is 17.4. The van der Waals surface area contributed by atoms with Crippen molar-refractivity contribution in [2.24, 2.45) is 0 Å². The number of carbonyl (C=O) groups is 1. The fourth-order valence-corrected chi connectivity index (χ4v) is 5.75. The molecule has 1 aromatic heterocycles. The van der Waals surface area contributed by atoms with Crippen molar-refractivity contribution in [1.82, 2.24) is 16.0 Å². The third kappa shape index (κ3) is 5.98. The smallest absolute Gasteiger partial charge is 0.252 e. The molecule has 1 unspecified atom stereocenters. The molecule has 1 aliphatic carbocycles. The van der Waals surface area contributed by atoms with Gasteiger partial charge in [0.25, 0.3) is 5.91 Å². The number of rotatable bonds is 9. The molecule has 3 atom stereocenters. The summed E-state index contributed by atoms with van der Waals surface area (Å²) >= 11 is 1.79. The van der Waals surface area contributed by atoms with Crippen LogP contribution >= 0.6 is 11.3 Å². The number of carbonyl (C=O) groups excluding carboxylic acids is 1. The number of ether oxygens (including phenoxy) is 1. The molecule has 7 heteroatoms. The molecule has 2 aliphatic rings. The maximum Gasteiger partial charge on any atom is 0.252 e. The summed E-state index contributed by atoms with van der Waals surface area (Å²) in [7, 11) is 0. The lowest BCUT2D eigenvalue weighted by Crippen LogP contribution is -2.50.